The topological polar surface area (TPSA) is 85.2 Å². The molecule has 4 aliphatic carbocycles. The molecule has 0 amide bonds. The minimum atomic E-state index is -1.24. The standard InChI is InChI=1S/C31H51NO5/c1-19(2)9-8-10-20(3)25-11-12-26-24-17-28(32-37-22(5)34)31(35)18-23(36-21(4)33)13-16-30(31,7)27(24)14-15-29(25,26)6/h19-20,23-27,35H,8-18H2,1-7H3/b32-28+/t20-,23+,24+,25-,26+,27+,29-,30-,31-/m1/s1. The molecule has 0 saturated heterocycles. The summed E-state index contributed by atoms with van der Waals surface area (Å²) in [5.74, 6) is 2.86. The summed E-state index contributed by atoms with van der Waals surface area (Å²) >= 11 is 0. The summed E-state index contributed by atoms with van der Waals surface area (Å²) in [4.78, 5) is 28.6. The summed E-state index contributed by atoms with van der Waals surface area (Å²) in [6.45, 7) is 14.7. The van der Waals surface area contributed by atoms with E-state index in [4.69, 9.17) is 9.57 Å². The summed E-state index contributed by atoms with van der Waals surface area (Å²) in [6.07, 6.45) is 11.0. The highest BCUT2D eigenvalue weighted by Gasteiger charge is 2.67. The first-order valence-electron chi connectivity index (χ1n) is 15.0. The molecule has 37 heavy (non-hydrogen) atoms. The number of ether oxygens (including phenoxy) is 1. The number of nitrogens with zero attached hydrogens (tertiary/aromatic N) is 1. The molecule has 210 valence electrons. The highest BCUT2D eigenvalue weighted by atomic mass is 16.7. The van der Waals surface area contributed by atoms with Gasteiger partial charge in [0, 0.05) is 25.7 Å². The van der Waals surface area contributed by atoms with Gasteiger partial charge in [-0.3, -0.25) is 4.79 Å². The fourth-order valence-electron chi connectivity index (χ4n) is 9.62. The largest absolute Gasteiger partial charge is 0.462 e. The van der Waals surface area contributed by atoms with Crippen molar-refractivity contribution >= 4 is 17.7 Å². The minimum Gasteiger partial charge on any atom is -0.462 e. The van der Waals surface area contributed by atoms with Crippen molar-refractivity contribution in [3.05, 3.63) is 0 Å². The molecule has 4 saturated carbocycles. The molecule has 0 heterocycles. The van der Waals surface area contributed by atoms with Crippen molar-refractivity contribution < 1.29 is 24.3 Å². The van der Waals surface area contributed by atoms with Gasteiger partial charge in [-0.2, -0.15) is 0 Å². The molecular weight excluding hydrogens is 466 g/mol. The zero-order chi connectivity index (χ0) is 27.2. The van der Waals surface area contributed by atoms with E-state index in [1.54, 1.807) is 0 Å². The molecule has 1 N–H and O–H groups in total. The van der Waals surface area contributed by atoms with Gasteiger partial charge in [0.25, 0.3) is 0 Å². The van der Waals surface area contributed by atoms with Gasteiger partial charge in [0.2, 0.25) is 0 Å². The Morgan fingerprint density at radius 1 is 1.00 bits per heavy atom. The first-order chi connectivity index (χ1) is 17.3. The monoisotopic (exact) mass is 517 g/mol. The van der Waals surface area contributed by atoms with Gasteiger partial charge in [-0.15, -0.1) is 0 Å². The van der Waals surface area contributed by atoms with E-state index < -0.39 is 11.6 Å². The fourth-order valence-corrected chi connectivity index (χ4v) is 9.62. The van der Waals surface area contributed by atoms with Gasteiger partial charge in [0.05, 0.1) is 5.71 Å². The molecule has 4 aliphatic rings. The van der Waals surface area contributed by atoms with Crippen LogP contribution in [0.2, 0.25) is 0 Å². The smallest absolute Gasteiger partial charge is 0.331 e. The summed E-state index contributed by atoms with van der Waals surface area (Å²) < 4.78 is 5.57. The number of fused-ring (bicyclic) bond motifs is 5. The average molecular weight is 518 g/mol. The number of esters is 1. The van der Waals surface area contributed by atoms with Gasteiger partial charge in [0.15, 0.2) is 0 Å². The van der Waals surface area contributed by atoms with Gasteiger partial charge in [-0.05, 0) is 85.9 Å². The van der Waals surface area contributed by atoms with Crippen LogP contribution in [0, 0.1) is 46.3 Å². The Labute approximate surface area is 224 Å². The van der Waals surface area contributed by atoms with Crippen LogP contribution in [0.1, 0.15) is 119 Å². The number of aliphatic hydroxyl groups is 1. The Kier molecular flexibility index (Phi) is 8.20. The second-order valence-electron chi connectivity index (χ2n) is 14.0. The van der Waals surface area contributed by atoms with E-state index in [9.17, 15) is 14.7 Å². The highest BCUT2D eigenvalue weighted by Crippen LogP contribution is 2.68. The van der Waals surface area contributed by atoms with Crippen molar-refractivity contribution in [1.29, 1.82) is 0 Å². The second kappa shape index (κ2) is 10.6. The van der Waals surface area contributed by atoms with Crippen molar-refractivity contribution in [2.45, 2.75) is 131 Å². The molecule has 0 bridgehead atoms. The third kappa shape index (κ3) is 5.13. The second-order valence-corrected chi connectivity index (χ2v) is 14.0. The molecule has 6 nitrogen and oxygen atoms in total. The maximum absolute atomic E-state index is 12.3. The predicted octanol–water partition coefficient (Wildman–Crippen LogP) is 6.68. The lowest BCUT2D eigenvalue weighted by Crippen LogP contribution is -2.67. The molecule has 4 fully saturated rings. The normalized spacial score (nSPS) is 43.1. The molecular formula is C31H51NO5. The number of hydrogen-bond donors (Lipinski definition) is 1. The summed E-state index contributed by atoms with van der Waals surface area (Å²) in [7, 11) is 0. The SMILES string of the molecule is CC(=O)O/N=C1\C[C@H]2[C@@H]3CC[C@H]([C@H](C)CCCC(C)C)[C@@]3(C)CC[C@@H]2[C@@]2(C)CC[C@H](OC(C)=O)C[C@@]12O. The van der Waals surface area contributed by atoms with Crippen LogP contribution in [0.3, 0.4) is 0 Å². The fraction of sp³-hybridized carbons (Fsp3) is 0.903. The zero-order valence-electron chi connectivity index (χ0n) is 24.3. The maximum atomic E-state index is 12.3. The van der Waals surface area contributed by atoms with Gasteiger partial charge in [-0.25, -0.2) is 4.79 Å². The lowest BCUT2D eigenvalue weighted by molar-refractivity contribution is -0.183. The van der Waals surface area contributed by atoms with E-state index >= 15 is 0 Å². The zero-order valence-corrected chi connectivity index (χ0v) is 24.3. The lowest BCUT2D eigenvalue weighted by Gasteiger charge is -2.64. The molecule has 0 unspecified atom stereocenters. The van der Waals surface area contributed by atoms with E-state index in [1.165, 1.54) is 52.4 Å². The van der Waals surface area contributed by atoms with E-state index in [0.717, 1.165) is 37.0 Å². The average Bonchev–Trinajstić information content (AvgIpc) is 3.15. The van der Waals surface area contributed by atoms with Crippen LogP contribution in [0.4, 0.5) is 0 Å². The van der Waals surface area contributed by atoms with Crippen LogP contribution in [0.15, 0.2) is 5.16 Å². The summed E-state index contributed by atoms with van der Waals surface area (Å²) in [5, 5.41) is 16.6. The van der Waals surface area contributed by atoms with Crippen LogP contribution >= 0.6 is 0 Å². The van der Waals surface area contributed by atoms with Crippen molar-refractivity contribution in [1.82, 2.24) is 0 Å². The molecule has 6 heteroatoms. The number of hydrogen-bond acceptors (Lipinski definition) is 6. The maximum Gasteiger partial charge on any atom is 0.331 e. The van der Waals surface area contributed by atoms with Crippen LogP contribution < -0.4 is 0 Å². The third-order valence-corrected chi connectivity index (χ3v) is 11.4. The van der Waals surface area contributed by atoms with Crippen molar-refractivity contribution in [3.8, 4) is 0 Å². The molecule has 0 spiro atoms. The molecule has 0 radical (unpaired) electrons. The van der Waals surface area contributed by atoms with Gasteiger partial charge < -0.3 is 14.7 Å². The van der Waals surface area contributed by atoms with Crippen molar-refractivity contribution in [3.63, 3.8) is 0 Å². The van der Waals surface area contributed by atoms with Crippen LogP contribution in [-0.2, 0) is 19.2 Å². The summed E-state index contributed by atoms with van der Waals surface area (Å²) in [6, 6.07) is 0. The van der Waals surface area contributed by atoms with Crippen molar-refractivity contribution in [2.75, 3.05) is 0 Å². The number of rotatable bonds is 7. The minimum absolute atomic E-state index is 0.311. The third-order valence-electron chi connectivity index (χ3n) is 11.4. The number of carbonyl (C=O) groups excluding carboxylic acids is 2. The molecule has 0 aromatic carbocycles. The molecule has 4 rings (SSSR count). The first-order valence-corrected chi connectivity index (χ1v) is 15.0. The molecule has 0 aromatic heterocycles. The van der Waals surface area contributed by atoms with Gasteiger partial charge in [-0.1, -0.05) is 59.0 Å². The Bertz CT molecular complexity index is 900. The van der Waals surface area contributed by atoms with Gasteiger partial charge in [0.1, 0.15) is 11.7 Å². The predicted molar refractivity (Wildman–Crippen MR) is 145 cm³/mol. The highest BCUT2D eigenvalue weighted by molar-refractivity contribution is 5.95. The van der Waals surface area contributed by atoms with Crippen LogP contribution in [0.25, 0.3) is 0 Å². The number of oxime groups is 1. The Morgan fingerprint density at radius 2 is 1.73 bits per heavy atom. The first kappa shape index (κ1) is 28.6. The Morgan fingerprint density at radius 3 is 2.38 bits per heavy atom. The molecule has 9 atom stereocenters. The Balaban J connectivity index is 1.61. The van der Waals surface area contributed by atoms with Crippen LogP contribution in [-0.4, -0.2) is 34.5 Å². The lowest BCUT2D eigenvalue weighted by atomic mass is 9.42. The quantitative estimate of drug-likeness (QED) is 0.231. The van der Waals surface area contributed by atoms with Crippen molar-refractivity contribution in [2.24, 2.45) is 51.5 Å². The van der Waals surface area contributed by atoms with Crippen LogP contribution in [0.5, 0.6) is 0 Å². The Hall–Kier alpha value is -1.43. The molecule has 0 aliphatic heterocycles. The summed E-state index contributed by atoms with van der Waals surface area (Å²) in [5.41, 5.74) is -0.724. The van der Waals surface area contributed by atoms with Gasteiger partial charge >= 0.3 is 11.9 Å². The van der Waals surface area contributed by atoms with E-state index in [0.29, 0.717) is 41.7 Å². The number of carbonyl (C=O) groups is 2. The van der Waals surface area contributed by atoms with E-state index in [-0.39, 0.29) is 17.5 Å². The van der Waals surface area contributed by atoms with E-state index in [2.05, 4.69) is 39.8 Å². The van der Waals surface area contributed by atoms with E-state index in [1.807, 2.05) is 0 Å². The molecule has 0 aromatic rings.